The number of hydrogen-bond donors (Lipinski definition) is 1. The predicted octanol–water partition coefficient (Wildman–Crippen LogP) is 2.18. The SMILES string of the molecule is CC(C)(C)OC(=O)N1CC(Oc2cccc(CO)c2)C1. The first-order valence-electron chi connectivity index (χ1n) is 6.72. The number of ether oxygens (including phenoxy) is 2. The zero-order valence-corrected chi connectivity index (χ0v) is 12.1. The van der Waals surface area contributed by atoms with E-state index >= 15 is 0 Å². The average Bonchev–Trinajstić information content (AvgIpc) is 2.31. The van der Waals surface area contributed by atoms with E-state index in [1.165, 1.54) is 0 Å². The number of carbonyl (C=O) groups excluding carboxylic acids is 1. The van der Waals surface area contributed by atoms with Gasteiger partial charge in [0.25, 0.3) is 0 Å². The molecule has 0 unspecified atom stereocenters. The number of hydrogen-bond acceptors (Lipinski definition) is 4. The molecule has 5 heteroatoms. The molecule has 1 aromatic carbocycles. The molecule has 1 amide bonds. The zero-order valence-electron chi connectivity index (χ0n) is 12.1. The Labute approximate surface area is 119 Å². The van der Waals surface area contributed by atoms with Gasteiger partial charge < -0.3 is 19.5 Å². The quantitative estimate of drug-likeness (QED) is 0.921. The van der Waals surface area contributed by atoms with Crippen LogP contribution in [0, 0.1) is 0 Å². The number of aliphatic hydroxyl groups is 1. The summed E-state index contributed by atoms with van der Waals surface area (Å²) in [5.41, 5.74) is 0.337. The first-order chi connectivity index (χ1) is 9.37. The van der Waals surface area contributed by atoms with E-state index in [1.807, 2.05) is 39.0 Å². The number of aliphatic hydroxyl groups excluding tert-OH is 1. The van der Waals surface area contributed by atoms with E-state index < -0.39 is 5.60 Å². The summed E-state index contributed by atoms with van der Waals surface area (Å²) < 4.78 is 11.0. The minimum Gasteiger partial charge on any atom is -0.487 e. The monoisotopic (exact) mass is 279 g/mol. The molecule has 2 rings (SSSR count). The summed E-state index contributed by atoms with van der Waals surface area (Å²) in [7, 11) is 0. The fourth-order valence-corrected chi connectivity index (χ4v) is 1.90. The molecular formula is C15H21NO4. The van der Waals surface area contributed by atoms with Crippen LogP contribution in [0.5, 0.6) is 5.75 Å². The van der Waals surface area contributed by atoms with Crippen molar-refractivity contribution >= 4 is 6.09 Å². The standard InChI is InChI=1S/C15H21NO4/c1-15(2,3)20-14(18)16-8-13(9-16)19-12-6-4-5-11(7-12)10-17/h4-7,13,17H,8-10H2,1-3H3. The molecule has 0 radical (unpaired) electrons. The summed E-state index contributed by atoms with van der Waals surface area (Å²) in [6.07, 6.45) is -0.321. The fourth-order valence-electron chi connectivity index (χ4n) is 1.90. The molecular weight excluding hydrogens is 258 g/mol. The van der Waals surface area contributed by atoms with Crippen LogP contribution < -0.4 is 4.74 Å². The highest BCUT2D eigenvalue weighted by Gasteiger charge is 2.35. The van der Waals surface area contributed by atoms with Crippen LogP contribution in [-0.2, 0) is 11.3 Å². The molecule has 1 fully saturated rings. The van der Waals surface area contributed by atoms with E-state index in [-0.39, 0.29) is 18.8 Å². The maximum Gasteiger partial charge on any atom is 0.410 e. The molecule has 1 aliphatic rings. The van der Waals surface area contributed by atoms with Crippen molar-refractivity contribution < 1.29 is 19.4 Å². The second-order valence-electron chi connectivity index (χ2n) is 5.93. The first-order valence-corrected chi connectivity index (χ1v) is 6.72. The van der Waals surface area contributed by atoms with Gasteiger partial charge in [-0.25, -0.2) is 4.79 Å². The maximum atomic E-state index is 11.8. The van der Waals surface area contributed by atoms with Gasteiger partial charge in [-0.3, -0.25) is 0 Å². The molecule has 110 valence electrons. The van der Waals surface area contributed by atoms with Gasteiger partial charge in [-0.1, -0.05) is 12.1 Å². The maximum absolute atomic E-state index is 11.8. The van der Waals surface area contributed by atoms with Crippen LogP contribution in [0.15, 0.2) is 24.3 Å². The van der Waals surface area contributed by atoms with E-state index in [1.54, 1.807) is 11.0 Å². The molecule has 1 saturated heterocycles. The number of likely N-dealkylation sites (tertiary alicyclic amines) is 1. The lowest BCUT2D eigenvalue weighted by Crippen LogP contribution is -2.57. The number of rotatable bonds is 3. The van der Waals surface area contributed by atoms with Crippen molar-refractivity contribution in [1.82, 2.24) is 4.90 Å². The second kappa shape index (κ2) is 5.71. The number of benzene rings is 1. The minimum absolute atomic E-state index is 0.00804. The van der Waals surface area contributed by atoms with Gasteiger partial charge in [0.2, 0.25) is 0 Å². The smallest absolute Gasteiger partial charge is 0.410 e. The summed E-state index contributed by atoms with van der Waals surface area (Å²) in [5, 5.41) is 9.07. The summed E-state index contributed by atoms with van der Waals surface area (Å²) in [5.74, 6) is 0.713. The van der Waals surface area contributed by atoms with E-state index in [2.05, 4.69) is 0 Å². The predicted molar refractivity (Wildman–Crippen MR) is 74.6 cm³/mol. The first kappa shape index (κ1) is 14.7. The topological polar surface area (TPSA) is 59.0 Å². The van der Waals surface area contributed by atoms with Gasteiger partial charge in [0, 0.05) is 0 Å². The van der Waals surface area contributed by atoms with Crippen molar-refractivity contribution in [3.63, 3.8) is 0 Å². The van der Waals surface area contributed by atoms with Crippen molar-refractivity contribution in [2.75, 3.05) is 13.1 Å². The molecule has 5 nitrogen and oxygen atoms in total. The third kappa shape index (κ3) is 3.87. The molecule has 0 aromatic heterocycles. The van der Waals surface area contributed by atoms with Crippen molar-refractivity contribution in [3.05, 3.63) is 29.8 Å². The van der Waals surface area contributed by atoms with Gasteiger partial charge in [0.05, 0.1) is 19.7 Å². The molecule has 1 heterocycles. The summed E-state index contributed by atoms with van der Waals surface area (Å²) >= 11 is 0. The third-order valence-electron chi connectivity index (χ3n) is 2.88. The molecule has 0 bridgehead atoms. The molecule has 0 saturated carbocycles. The summed E-state index contributed by atoms with van der Waals surface area (Å²) in [4.78, 5) is 13.4. The van der Waals surface area contributed by atoms with Crippen molar-refractivity contribution in [3.8, 4) is 5.75 Å². The van der Waals surface area contributed by atoms with E-state index in [0.717, 1.165) is 5.56 Å². The normalized spacial score (nSPS) is 15.7. The van der Waals surface area contributed by atoms with E-state index in [0.29, 0.717) is 18.8 Å². The Morgan fingerprint density at radius 3 is 2.70 bits per heavy atom. The molecule has 0 aliphatic carbocycles. The summed E-state index contributed by atoms with van der Waals surface area (Å²) in [6.45, 7) is 6.58. The van der Waals surface area contributed by atoms with Crippen molar-refractivity contribution in [2.24, 2.45) is 0 Å². The molecule has 1 aliphatic heterocycles. The highest BCUT2D eigenvalue weighted by Crippen LogP contribution is 2.21. The lowest BCUT2D eigenvalue weighted by atomic mass is 10.1. The highest BCUT2D eigenvalue weighted by atomic mass is 16.6. The number of amides is 1. The molecule has 1 N–H and O–H groups in total. The van der Waals surface area contributed by atoms with Crippen LogP contribution in [0.4, 0.5) is 4.79 Å². The third-order valence-corrected chi connectivity index (χ3v) is 2.88. The molecule has 0 spiro atoms. The van der Waals surface area contributed by atoms with E-state index in [9.17, 15) is 4.79 Å². The van der Waals surface area contributed by atoms with E-state index in [4.69, 9.17) is 14.6 Å². The van der Waals surface area contributed by atoms with Crippen LogP contribution in [0.3, 0.4) is 0 Å². The molecule has 20 heavy (non-hydrogen) atoms. The lowest BCUT2D eigenvalue weighted by Gasteiger charge is -2.39. The Morgan fingerprint density at radius 1 is 1.40 bits per heavy atom. The van der Waals surface area contributed by atoms with Gasteiger partial charge in [0.15, 0.2) is 0 Å². The Balaban J connectivity index is 1.80. The van der Waals surface area contributed by atoms with Crippen molar-refractivity contribution in [1.29, 1.82) is 0 Å². The van der Waals surface area contributed by atoms with Gasteiger partial charge in [0.1, 0.15) is 17.5 Å². The number of carbonyl (C=O) groups is 1. The Kier molecular flexibility index (Phi) is 4.18. The average molecular weight is 279 g/mol. The van der Waals surface area contributed by atoms with Crippen LogP contribution in [-0.4, -0.2) is 40.9 Å². The van der Waals surface area contributed by atoms with Crippen LogP contribution in [0.25, 0.3) is 0 Å². The zero-order chi connectivity index (χ0) is 14.8. The second-order valence-corrected chi connectivity index (χ2v) is 5.93. The van der Waals surface area contributed by atoms with Crippen LogP contribution in [0.1, 0.15) is 26.3 Å². The number of nitrogens with zero attached hydrogens (tertiary/aromatic N) is 1. The Hall–Kier alpha value is -1.75. The summed E-state index contributed by atoms with van der Waals surface area (Å²) in [6, 6.07) is 7.32. The highest BCUT2D eigenvalue weighted by molar-refractivity contribution is 5.69. The van der Waals surface area contributed by atoms with Gasteiger partial charge in [-0.15, -0.1) is 0 Å². The lowest BCUT2D eigenvalue weighted by molar-refractivity contribution is -0.0221. The Bertz CT molecular complexity index is 475. The molecule has 0 atom stereocenters. The minimum atomic E-state index is -0.474. The molecule has 1 aromatic rings. The van der Waals surface area contributed by atoms with Gasteiger partial charge in [-0.2, -0.15) is 0 Å². The van der Waals surface area contributed by atoms with Gasteiger partial charge in [-0.05, 0) is 38.5 Å². The fraction of sp³-hybridized carbons (Fsp3) is 0.533. The van der Waals surface area contributed by atoms with Crippen LogP contribution in [0.2, 0.25) is 0 Å². The van der Waals surface area contributed by atoms with Crippen molar-refractivity contribution in [2.45, 2.75) is 39.1 Å². The largest absolute Gasteiger partial charge is 0.487 e. The van der Waals surface area contributed by atoms with Crippen LogP contribution >= 0.6 is 0 Å². The van der Waals surface area contributed by atoms with Gasteiger partial charge >= 0.3 is 6.09 Å². The Morgan fingerprint density at radius 2 is 2.10 bits per heavy atom.